The lowest BCUT2D eigenvalue weighted by Crippen LogP contribution is -2.21. The van der Waals surface area contributed by atoms with Gasteiger partial charge in [-0.15, -0.1) is 0 Å². The number of hydrogen-bond acceptors (Lipinski definition) is 8. The number of aryl methyl sites for hydroxylation is 1. The van der Waals surface area contributed by atoms with Crippen LogP contribution in [-0.2, 0) is 0 Å². The van der Waals surface area contributed by atoms with Crippen molar-refractivity contribution in [1.29, 1.82) is 5.26 Å². The van der Waals surface area contributed by atoms with Crippen molar-refractivity contribution < 1.29 is 14.3 Å². The lowest BCUT2D eigenvalue weighted by atomic mass is 10.1. The minimum absolute atomic E-state index is 0.0131. The summed E-state index contributed by atoms with van der Waals surface area (Å²) in [7, 11) is 3.32. The number of amides is 1. The minimum atomic E-state index is -0.168. The molecule has 2 aromatic carbocycles. The van der Waals surface area contributed by atoms with Crippen LogP contribution in [0.3, 0.4) is 0 Å². The third kappa shape index (κ3) is 4.39. The Kier molecular flexibility index (Phi) is 5.69. The Balaban J connectivity index is 1.89. The van der Waals surface area contributed by atoms with Crippen LogP contribution in [-0.4, -0.2) is 34.9 Å². The van der Waals surface area contributed by atoms with Crippen molar-refractivity contribution in [3.63, 3.8) is 0 Å². The zero-order valence-electron chi connectivity index (χ0n) is 16.7. The molecule has 0 saturated carbocycles. The zero-order valence-corrected chi connectivity index (χ0v) is 16.7. The topological polar surface area (TPSA) is 140 Å². The van der Waals surface area contributed by atoms with Gasteiger partial charge in [-0.3, -0.25) is 4.79 Å². The van der Waals surface area contributed by atoms with Crippen LogP contribution in [0.2, 0.25) is 0 Å². The van der Waals surface area contributed by atoms with Gasteiger partial charge >= 0.3 is 6.01 Å². The zero-order chi connectivity index (χ0) is 21.8. The summed E-state index contributed by atoms with van der Waals surface area (Å²) in [6.45, 7) is 1.79. The summed E-state index contributed by atoms with van der Waals surface area (Å²) in [5, 5.41) is 9.05. The Morgan fingerprint density at radius 3 is 2.47 bits per heavy atom. The molecule has 0 radical (unpaired) electrons. The lowest BCUT2D eigenvalue weighted by Gasteiger charge is -2.13. The number of nitriles is 1. The summed E-state index contributed by atoms with van der Waals surface area (Å²) < 4.78 is 11.4. The number of carbonyl (C=O) groups is 1. The van der Waals surface area contributed by atoms with Crippen LogP contribution in [0.15, 0.2) is 42.5 Å². The van der Waals surface area contributed by atoms with Gasteiger partial charge in [-0.05, 0) is 48.9 Å². The fourth-order valence-electron chi connectivity index (χ4n) is 2.56. The third-order valence-corrected chi connectivity index (χ3v) is 4.15. The van der Waals surface area contributed by atoms with E-state index >= 15 is 0 Å². The van der Waals surface area contributed by atoms with E-state index in [1.165, 1.54) is 4.90 Å². The summed E-state index contributed by atoms with van der Waals surface area (Å²) in [6.07, 6.45) is 0. The first-order chi connectivity index (χ1) is 14.3. The van der Waals surface area contributed by atoms with Gasteiger partial charge < -0.3 is 25.8 Å². The lowest BCUT2D eigenvalue weighted by molar-refractivity contribution is 0.0827. The Morgan fingerprint density at radius 1 is 1.07 bits per heavy atom. The van der Waals surface area contributed by atoms with E-state index in [0.29, 0.717) is 22.6 Å². The van der Waals surface area contributed by atoms with Gasteiger partial charge in [-0.2, -0.15) is 15.2 Å². The maximum absolute atomic E-state index is 12.1. The number of nitrogen functional groups attached to an aromatic ring is 2. The van der Waals surface area contributed by atoms with Crippen molar-refractivity contribution in [2.45, 2.75) is 6.92 Å². The van der Waals surface area contributed by atoms with E-state index in [1.807, 2.05) is 0 Å². The SMILES string of the molecule is Cc1cc(Oc2nc(Oc3cccc(C(=O)N(C)C)c3)nc(N)c2N)ccc1C#N. The highest BCUT2D eigenvalue weighted by molar-refractivity contribution is 5.94. The first-order valence-corrected chi connectivity index (χ1v) is 8.89. The number of aromatic nitrogens is 2. The number of rotatable bonds is 5. The van der Waals surface area contributed by atoms with Gasteiger partial charge in [0.25, 0.3) is 11.8 Å². The maximum Gasteiger partial charge on any atom is 0.327 e. The third-order valence-electron chi connectivity index (χ3n) is 4.15. The van der Waals surface area contributed by atoms with Crippen LogP contribution < -0.4 is 20.9 Å². The first kappa shape index (κ1) is 20.4. The van der Waals surface area contributed by atoms with Gasteiger partial charge in [0, 0.05) is 19.7 Å². The number of benzene rings is 2. The molecular formula is C21H20N6O3. The average molecular weight is 404 g/mol. The van der Waals surface area contributed by atoms with E-state index in [9.17, 15) is 4.79 Å². The van der Waals surface area contributed by atoms with Gasteiger partial charge in [0.1, 0.15) is 17.2 Å². The highest BCUT2D eigenvalue weighted by Crippen LogP contribution is 2.32. The second-order valence-electron chi connectivity index (χ2n) is 6.63. The van der Waals surface area contributed by atoms with Crippen LogP contribution in [0.4, 0.5) is 11.5 Å². The molecule has 0 saturated heterocycles. The molecule has 0 aliphatic carbocycles. The molecule has 1 aromatic heterocycles. The molecule has 4 N–H and O–H groups in total. The van der Waals surface area contributed by atoms with E-state index in [4.69, 9.17) is 26.2 Å². The molecule has 1 amide bonds. The molecule has 1 heterocycles. The second-order valence-corrected chi connectivity index (χ2v) is 6.63. The van der Waals surface area contributed by atoms with E-state index in [1.54, 1.807) is 63.5 Å². The van der Waals surface area contributed by atoms with E-state index in [0.717, 1.165) is 5.56 Å². The largest absolute Gasteiger partial charge is 0.437 e. The number of anilines is 2. The molecule has 0 aliphatic rings. The molecule has 0 fully saturated rings. The van der Waals surface area contributed by atoms with Gasteiger partial charge in [0.2, 0.25) is 0 Å². The molecule has 3 rings (SSSR count). The van der Waals surface area contributed by atoms with Gasteiger partial charge in [0.05, 0.1) is 11.6 Å². The fraction of sp³-hybridized carbons (Fsp3) is 0.143. The number of hydrogen-bond donors (Lipinski definition) is 2. The number of ether oxygens (including phenoxy) is 2. The smallest absolute Gasteiger partial charge is 0.327 e. The second kappa shape index (κ2) is 8.36. The van der Waals surface area contributed by atoms with E-state index < -0.39 is 0 Å². The average Bonchev–Trinajstić information content (AvgIpc) is 2.71. The molecule has 0 aliphatic heterocycles. The van der Waals surface area contributed by atoms with Crippen LogP contribution >= 0.6 is 0 Å². The van der Waals surface area contributed by atoms with Crippen LogP contribution in [0.25, 0.3) is 0 Å². The van der Waals surface area contributed by atoms with Gasteiger partial charge in [0.15, 0.2) is 5.82 Å². The predicted octanol–water partition coefficient (Wildman–Crippen LogP) is 3.11. The molecule has 0 unspecified atom stereocenters. The number of carbonyl (C=O) groups excluding carboxylic acids is 1. The molecular weight excluding hydrogens is 384 g/mol. The van der Waals surface area contributed by atoms with Crippen molar-refractivity contribution in [2.75, 3.05) is 25.6 Å². The Hall–Kier alpha value is -4.32. The van der Waals surface area contributed by atoms with E-state index in [2.05, 4.69) is 16.0 Å². The van der Waals surface area contributed by atoms with Crippen LogP contribution in [0, 0.1) is 18.3 Å². The standard InChI is InChI=1S/C21H20N6O3/c1-12-9-16(8-7-14(12)11-22)29-19-17(23)18(24)25-21(26-19)30-15-6-4-5-13(10-15)20(28)27(2)3/h4-10H,23H2,1-3H3,(H2,24,25,26). The molecule has 3 aromatic rings. The first-order valence-electron chi connectivity index (χ1n) is 8.89. The van der Waals surface area contributed by atoms with Gasteiger partial charge in [-0.1, -0.05) is 6.07 Å². The minimum Gasteiger partial charge on any atom is -0.437 e. The van der Waals surface area contributed by atoms with Crippen LogP contribution in [0.5, 0.6) is 23.4 Å². The molecule has 0 atom stereocenters. The normalized spacial score (nSPS) is 10.2. The van der Waals surface area contributed by atoms with Gasteiger partial charge in [-0.25, -0.2) is 0 Å². The molecule has 30 heavy (non-hydrogen) atoms. The summed E-state index contributed by atoms with van der Waals surface area (Å²) in [5.41, 5.74) is 13.6. The number of nitrogens with two attached hydrogens (primary N) is 2. The Morgan fingerprint density at radius 2 is 1.80 bits per heavy atom. The predicted molar refractivity (Wildman–Crippen MR) is 111 cm³/mol. The Bertz CT molecular complexity index is 1150. The highest BCUT2D eigenvalue weighted by Gasteiger charge is 2.15. The molecule has 0 bridgehead atoms. The molecule has 9 nitrogen and oxygen atoms in total. The van der Waals surface area contributed by atoms with Crippen molar-refractivity contribution in [2.24, 2.45) is 0 Å². The summed E-state index contributed by atoms with van der Waals surface area (Å²) in [5.74, 6) is 0.620. The fourth-order valence-corrected chi connectivity index (χ4v) is 2.56. The van der Waals surface area contributed by atoms with Crippen molar-refractivity contribution in [3.05, 3.63) is 59.2 Å². The van der Waals surface area contributed by atoms with Crippen molar-refractivity contribution >= 4 is 17.4 Å². The molecule has 0 spiro atoms. The van der Waals surface area contributed by atoms with E-state index in [-0.39, 0.29) is 29.3 Å². The highest BCUT2D eigenvalue weighted by atomic mass is 16.5. The summed E-state index contributed by atoms with van der Waals surface area (Å²) in [4.78, 5) is 21.8. The quantitative estimate of drug-likeness (QED) is 0.661. The molecule has 152 valence electrons. The number of nitrogens with zero attached hydrogens (tertiary/aromatic N) is 4. The van der Waals surface area contributed by atoms with Crippen molar-refractivity contribution in [3.8, 4) is 29.5 Å². The summed E-state index contributed by atoms with van der Waals surface area (Å²) in [6, 6.07) is 13.5. The van der Waals surface area contributed by atoms with Crippen molar-refractivity contribution in [1.82, 2.24) is 14.9 Å². The monoisotopic (exact) mass is 404 g/mol. The Labute approximate surface area is 173 Å². The molecule has 9 heteroatoms. The van der Waals surface area contributed by atoms with Crippen LogP contribution in [0.1, 0.15) is 21.5 Å². The summed E-state index contributed by atoms with van der Waals surface area (Å²) >= 11 is 0. The maximum atomic E-state index is 12.1.